The predicted octanol–water partition coefficient (Wildman–Crippen LogP) is 6.38. The van der Waals surface area contributed by atoms with Crippen LogP contribution in [0.3, 0.4) is 0 Å². The molecule has 4 aromatic rings. The fourth-order valence-electron chi connectivity index (χ4n) is 2.99. The van der Waals surface area contributed by atoms with Crippen molar-refractivity contribution in [2.75, 3.05) is 0 Å². The van der Waals surface area contributed by atoms with Gasteiger partial charge in [0.25, 0.3) is 0 Å². The van der Waals surface area contributed by atoms with Crippen molar-refractivity contribution < 1.29 is 4.42 Å². The summed E-state index contributed by atoms with van der Waals surface area (Å²) in [6.07, 6.45) is 0. The van der Waals surface area contributed by atoms with E-state index >= 15 is 0 Å². The summed E-state index contributed by atoms with van der Waals surface area (Å²) < 4.78 is 7.24. The Morgan fingerprint density at radius 2 is 1.30 bits per heavy atom. The molecule has 0 aliphatic heterocycles. The topological polar surface area (TPSA) is 13.1 Å². The first-order valence-corrected chi connectivity index (χ1v) is 8.39. The number of halogens is 1. The average molecular weight is 363 g/mol. The molecule has 0 radical (unpaired) electrons. The molecule has 0 N–H and O–H groups in total. The van der Waals surface area contributed by atoms with Crippen LogP contribution in [0.15, 0.2) is 93.8 Å². The lowest BCUT2D eigenvalue weighted by atomic mass is 9.89. The SMILES string of the molecule is Brc1ccc2oc(C(c3ccccc3)c3ccccc3)cc2c1. The maximum Gasteiger partial charge on any atom is 0.134 e. The molecule has 1 aromatic heterocycles. The molecular formula is C21H15BrO. The van der Waals surface area contributed by atoms with Gasteiger partial charge in [0, 0.05) is 9.86 Å². The molecule has 0 aliphatic rings. The summed E-state index contributed by atoms with van der Waals surface area (Å²) in [5.41, 5.74) is 3.38. The molecule has 23 heavy (non-hydrogen) atoms. The van der Waals surface area contributed by atoms with Crippen LogP contribution in [0.2, 0.25) is 0 Å². The number of furan rings is 1. The zero-order valence-electron chi connectivity index (χ0n) is 12.4. The van der Waals surface area contributed by atoms with E-state index in [1.165, 1.54) is 11.1 Å². The average Bonchev–Trinajstić information content (AvgIpc) is 2.99. The van der Waals surface area contributed by atoms with Crippen molar-refractivity contribution in [2.45, 2.75) is 5.92 Å². The van der Waals surface area contributed by atoms with Crippen LogP contribution in [0.4, 0.5) is 0 Å². The summed E-state index contributed by atoms with van der Waals surface area (Å²) >= 11 is 3.53. The Hall–Kier alpha value is -2.32. The number of benzene rings is 3. The molecule has 1 nitrogen and oxygen atoms in total. The van der Waals surface area contributed by atoms with E-state index in [9.17, 15) is 0 Å². The van der Waals surface area contributed by atoms with E-state index in [0.717, 1.165) is 21.2 Å². The van der Waals surface area contributed by atoms with Crippen LogP contribution in [-0.4, -0.2) is 0 Å². The van der Waals surface area contributed by atoms with Gasteiger partial charge in [-0.15, -0.1) is 0 Å². The molecule has 1 heterocycles. The van der Waals surface area contributed by atoms with Crippen LogP contribution in [-0.2, 0) is 0 Å². The van der Waals surface area contributed by atoms with Gasteiger partial charge >= 0.3 is 0 Å². The van der Waals surface area contributed by atoms with Gasteiger partial charge in [0.1, 0.15) is 11.3 Å². The Bertz CT molecular complexity index is 886. The van der Waals surface area contributed by atoms with Crippen LogP contribution in [0, 0.1) is 0 Å². The minimum atomic E-state index is 0.101. The van der Waals surface area contributed by atoms with Crippen LogP contribution in [0.5, 0.6) is 0 Å². The number of hydrogen-bond donors (Lipinski definition) is 0. The summed E-state index contributed by atoms with van der Waals surface area (Å²) in [5, 5.41) is 1.12. The van der Waals surface area contributed by atoms with E-state index < -0.39 is 0 Å². The third kappa shape index (κ3) is 2.82. The van der Waals surface area contributed by atoms with Gasteiger partial charge in [0.05, 0.1) is 5.92 Å². The van der Waals surface area contributed by atoms with Gasteiger partial charge in [-0.25, -0.2) is 0 Å². The van der Waals surface area contributed by atoms with Gasteiger partial charge < -0.3 is 4.42 Å². The lowest BCUT2D eigenvalue weighted by Gasteiger charge is -2.15. The van der Waals surface area contributed by atoms with E-state index in [1.807, 2.05) is 24.3 Å². The summed E-state index contributed by atoms with van der Waals surface area (Å²) in [4.78, 5) is 0. The fraction of sp³-hybridized carbons (Fsp3) is 0.0476. The van der Waals surface area contributed by atoms with Crippen LogP contribution in [0.1, 0.15) is 22.8 Å². The molecule has 0 saturated heterocycles. The molecule has 0 bridgehead atoms. The summed E-state index contributed by atoms with van der Waals surface area (Å²) in [5.74, 6) is 1.07. The molecular weight excluding hydrogens is 348 g/mol. The van der Waals surface area contributed by atoms with Crippen LogP contribution < -0.4 is 0 Å². The van der Waals surface area contributed by atoms with Crippen molar-refractivity contribution in [1.29, 1.82) is 0 Å². The summed E-state index contributed by atoms with van der Waals surface area (Å²) in [6.45, 7) is 0. The molecule has 0 saturated carbocycles. The minimum Gasteiger partial charge on any atom is -0.460 e. The van der Waals surface area contributed by atoms with E-state index in [2.05, 4.69) is 76.6 Å². The third-order valence-corrected chi connectivity index (χ3v) is 4.54. The Labute approximate surface area is 143 Å². The lowest BCUT2D eigenvalue weighted by molar-refractivity contribution is 0.541. The summed E-state index contributed by atoms with van der Waals surface area (Å²) in [6, 6.07) is 29.3. The van der Waals surface area contributed by atoms with Gasteiger partial charge in [-0.1, -0.05) is 76.6 Å². The molecule has 0 unspecified atom stereocenters. The van der Waals surface area contributed by atoms with Gasteiger partial charge in [-0.2, -0.15) is 0 Å². The monoisotopic (exact) mass is 362 g/mol. The zero-order valence-corrected chi connectivity index (χ0v) is 14.0. The molecule has 4 rings (SSSR count). The smallest absolute Gasteiger partial charge is 0.134 e. The molecule has 0 aliphatic carbocycles. The molecule has 0 amide bonds. The van der Waals surface area contributed by atoms with Crippen LogP contribution in [0.25, 0.3) is 11.0 Å². The Balaban J connectivity index is 1.90. The molecule has 0 spiro atoms. The van der Waals surface area contributed by atoms with Crippen LogP contribution >= 0.6 is 15.9 Å². The Morgan fingerprint density at radius 3 is 1.91 bits per heavy atom. The quantitative estimate of drug-likeness (QED) is 0.412. The van der Waals surface area contributed by atoms with E-state index in [0.29, 0.717) is 0 Å². The van der Waals surface area contributed by atoms with Crippen molar-refractivity contribution in [3.63, 3.8) is 0 Å². The number of hydrogen-bond acceptors (Lipinski definition) is 1. The standard InChI is InChI=1S/C21H15BrO/c22-18-11-12-19-17(13-18)14-20(23-19)21(15-7-3-1-4-8-15)16-9-5-2-6-10-16/h1-14,21H. The van der Waals surface area contributed by atoms with E-state index in [1.54, 1.807) is 0 Å². The van der Waals surface area contributed by atoms with Crippen molar-refractivity contribution in [3.8, 4) is 0 Å². The first-order chi connectivity index (χ1) is 11.3. The second-order valence-electron chi connectivity index (χ2n) is 5.59. The Morgan fingerprint density at radius 1 is 0.696 bits per heavy atom. The van der Waals surface area contributed by atoms with Crippen molar-refractivity contribution in [3.05, 3.63) is 106 Å². The maximum absolute atomic E-state index is 6.17. The fourth-order valence-corrected chi connectivity index (χ4v) is 3.37. The zero-order chi connectivity index (χ0) is 15.6. The summed E-state index contributed by atoms with van der Waals surface area (Å²) in [7, 11) is 0. The van der Waals surface area contributed by atoms with Crippen molar-refractivity contribution in [1.82, 2.24) is 0 Å². The second-order valence-corrected chi connectivity index (χ2v) is 6.50. The number of fused-ring (bicyclic) bond motifs is 1. The minimum absolute atomic E-state index is 0.101. The maximum atomic E-state index is 6.17. The molecule has 0 fully saturated rings. The predicted molar refractivity (Wildman–Crippen MR) is 97.7 cm³/mol. The largest absolute Gasteiger partial charge is 0.460 e. The first-order valence-electron chi connectivity index (χ1n) is 7.60. The van der Waals surface area contributed by atoms with Gasteiger partial charge in [-0.05, 0) is 35.4 Å². The molecule has 112 valence electrons. The van der Waals surface area contributed by atoms with Gasteiger partial charge in [0.2, 0.25) is 0 Å². The van der Waals surface area contributed by atoms with E-state index in [4.69, 9.17) is 4.42 Å². The lowest BCUT2D eigenvalue weighted by Crippen LogP contribution is -2.01. The highest BCUT2D eigenvalue weighted by Crippen LogP contribution is 2.35. The van der Waals surface area contributed by atoms with E-state index in [-0.39, 0.29) is 5.92 Å². The molecule has 2 heteroatoms. The molecule has 3 aromatic carbocycles. The third-order valence-electron chi connectivity index (χ3n) is 4.05. The highest BCUT2D eigenvalue weighted by atomic mass is 79.9. The number of rotatable bonds is 3. The highest BCUT2D eigenvalue weighted by Gasteiger charge is 2.20. The van der Waals surface area contributed by atoms with Gasteiger partial charge in [0.15, 0.2) is 0 Å². The molecule has 0 atom stereocenters. The normalized spacial score (nSPS) is 11.2. The van der Waals surface area contributed by atoms with Gasteiger partial charge in [-0.3, -0.25) is 0 Å². The van der Waals surface area contributed by atoms with Crippen molar-refractivity contribution >= 4 is 26.9 Å². The second kappa shape index (κ2) is 6.05. The highest BCUT2D eigenvalue weighted by molar-refractivity contribution is 9.10. The first kappa shape index (κ1) is 14.3. The Kier molecular flexibility index (Phi) is 3.76. The van der Waals surface area contributed by atoms with Crippen molar-refractivity contribution in [2.24, 2.45) is 0 Å².